The number of nitrogens with one attached hydrogen (secondary N) is 2. The molecule has 0 spiro atoms. The Balaban J connectivity index is 1.84. The first-order chi connectivity index (χ1) is 9.56. The standard InChI is InChI=1S/C14H18Cl2N2O2/c1-9-7-17-5-4-12(9)18-14(19)8-20-13-6-10(15)2-3-11(13)16/h2-3,6,9,12,17H,4-5,7-8H2,1H3,(H,18,19). The van der Waals surface area contributed by atoms with Gasteiger partial charge in [0.2, 0.25) is 0 Å². The van der Waals surface area contributed by atoms with Crippen LogP contribution in [0.4, 0.5) is 0 Å². The van der Waals surface area contributed by atoms with Crippen LogP contribution in [-0.4, -0.2) is 31.6 Å². The lowest BCUT2D eigenvalue weighted by Crippen LogP contribution is -2.49. The molecule has 1 amide bonds. The van der Waals surface area contributed by atoms with Crippen molar-refractivity contribution in [3.05, 3.63) is 28.2 Å². The molecule has 1 saturated heterocycles. The first kappa shape index (κ1) is 15.4. The number of carbonyl (C=O) groups excluding carboxylic acids is 1. The molecule has 1 aromatic rings. The molecule has 1 fully saturated rings. The third kappa shape index (κ3) is 4.27. The number of rotatable bonds is 4. The van der Waals surface area contributed by atoms with Crippen molar-refractivity contribution in [2.45, 2.75) is 19.4 Å². The Hall–Kier alpha value is -0.970. The molecule has 6 heteroatoms. The summed E-state index contributed by atoms with van der Waals surface area (Å²) in [6.45, 7) is 3.91. The van der Waals surface area contributed by atoms with E-state index < -0.39 is 0 Å². The normalized spacial score (nSPS) is 22.4. The summed E-state index contributed by atoms with van der Waals surface area (Å²) in [4.78, 5) is 11.9. The highest BCUT2D eigenvalue weighted by atomic mass is 35.5. The smallest absolute Gasteiger partial charge is 0.258 e. The highest BCUT2D eigenvalue weighted by Crippen LogP contribution is 2.27. The van der Waals surface area contributed by atoms with E-state index in [2.05, 4.69) is 17.6 Å². The van der Waals surface area contributed by atoms with Gasteiger partial charge in [0.15, 0.2) is 6.61 Å². The summed E-state index contributed by atoms with van der Waals surface area (Å²) in [5.41, 5.74) is 0. The second-order valence-electron chi connectivity index (χ2n) is 5.01. The molecule has 1 aliphatic rings. The minimum Gasteiger partial charge on any atom is -0.482 e. The van der Waals surface area contributed by atoms with Gasteiger partial charge in [-0.2, -0.15) is 0 Å². The maximum Gasteiger partial charge on any atom is 0.258 e. The lowest BCUT2D eigenvalue weighted by molar-refractivity contribution is -0.124. The van der Waals surface area contributed by atoms with Gasteiger partial charge >= 0.3 is 0 Å². The molecule has 0 aromatic heterocycles. The van der Waals surface area contributed by atoms with Crippen molar-refractivity contribution in [2.75, 3.05) is 19.7 Å². The van der Waals surface area contributed by atoms with Gasteiger partial charge in [-0.15, -0.1) is 0 Å². The Morgan fingerprint density at radius 1 is 1.50 bits per heavy atom. The molecule has 2 unspecified atom stereocenters. The lowest BCUT2D eigenvalue weighted by atomic mass is 9.95. The molecule has 1 heterocycles. The zero-order chi connectivity index (χ0) is 14.5. The molecule has 1 aliphatic heterocycles. The van der Waals surface area contributed by atoms with E-state index in [1.807, 2.05) is 0 Å². The summed E-state index contributed by atoms with van der Waals surface area (Å²) >= 11 is 11.8. The van der Waals surface area contributed by atoms with Gasteiger partial charge < -0.3 is 15.4 Å². The number of carbonyl (C=O) groups is 1. The molecule has 0 saturated carbocycles. The van der Waals surface area contributed by atoms with Crippen LogP contribution < -0.4 is 15.4 Å². The van der Waals surface area contributed by atoms with Crippen LogP contribution in [0.25, 0.3) is 0 Å². The monoisotopic (exact) mass is 316 g/mol. The van der Waals surface area contributed by atoms with Gasteiger partial charge in [-0.1, -0.05) is 30.1 Å². The van der Waals surface area contributed by atoms with Crippen LogP contribution in [-0.2, 0) is 4.79 Å². The minimum absolute atomic E-state index is 0.0588. The summed E-state index contributed by atoms with van der Waals surface area (Å²) in [6, 6.07) is 5.12. The van der Waals surface area contributed by atoms with Crippen LogP contribution in [0.3, 0.4) is 0 Å². The highest BCUT2D eigenvalue weighted by molar-refractivity contribution is 6.34. The zero-order valence-electron chi connectivity index (χ0n) is 11.3. The largest absolute Gasteiger partial charge is 0.482 e. The van der Waals surface area contributed by atoms with E-state index in [1.165, 1.54) is 0 Å². The van der Waals surface area contributed by atoms with Crippen molar-refractivity contribution in [3.8, 4) is 5.75 Å². The van der Waals surface area contributed by atoms with Crippen LogP contribution >= 0.6 is 23.2 Å². The number of ether oxygens (including phenoxy) is 1. The second kappa shape index (κ2) is 7.16. The molecular formula is C14H18Cl2N2O2. The lowest BCUT2D eigenvalue weighted by Gasteiger charge is -2.30. The molecule has 1 aromatic carbocycles. The van der Waals surface area contributed by atoms with Crippen molar-refractivity contribution in [1.29, 1.82) is 0 Å². The average molecular weight is 317 g/mol. The van der Waals surface area contributed by atoms with Crippen LogP contribution in [0.15, 0.2) is 18.2 Å². The maximum absolute atomic E-state index is 11.9. The Morgan fingerprint density at radius 2 is 2.30 bits per heavy atom. The molecule has 20 heavy (non-hydrogen) atoms. The Labute approximate surface area is 128 Å². The number of amides is 1. The molecule has 0 aliphatic carbocycles. The molecule has 0 radical (unpaired) electrons. The third-order valence-corrected chi connectivity index (χ3v) is 3.93. The number of hydrogen-bond acceptors (Lipinski definition) is 3. The van der Waals surface area contributed by atoms with Crippen LogP contribution in [0, 0.1) is 5.92 Å². The quantitative estimate of drug-likeness (QED) is 0.897. The van der Waals surface area contributed by atoms with Crippen molar-refractivity contribution >= 4 is 29.1 Å². The first-order valence-electron chi connectivity index (χ1n) is 6.64. The Bertz CT molecular complexity index is 482. The minimum atomic E-state index is -0.139. The van der Waals surface area contributed by atoms with Gasteiger partial charge in [0.25, 0.3) is 5.91 Å². The summed E-state index contributed by atoms with van der Waals surface area (Å²) in [7, 11) is 0. The van der Waals surface area contributed by atoms with Crippen molar-refractivity contribution in [2.24, 2.45) is 5.92 Å². The number of piperidine rings is 1. The summed E-state index contributed by atoms with van der Waals surface area (Å²) in [5.74, 6) is 0.704. The maximum atomic E-state index is 11.9. The molecule has 110 valence electrons. The number of benzene rings is 1. The highest BCUT2D eigenvalue weighted by Gasteiger charge is 2.22. The van der Waals surface area contributed by atoms with Crippen molar-refractivity contribution in [1.82, 2.24) is 10.6 Å². The van der Waals surface area contributed by atoms with E-state index in [0.717, 1.165) is 19.5 Å². The summed E-state index contributed by atoms with van der Waals surface area (Å²) in [5, 5.41) is 7.25. The van der Waals surface area contributed by atoms with Gasteiger partial charge in [0, 0.05) is 17.1 Å². The van der Waals surface area contributed by atoms with Crippen molar-refractivity contribution in [3.63, 3.8) is 0 Å². The topological polar surface area (TPSA) is 50.4 Å². The Kier molecular flexibility index (Phi) is 5.52. The predicted octanol–water partition coefficient (Wildman–Crippen LogP) is 2.49. The van der Waals surface area contributed by atoms with E-state index in [-0.39, 0.29) is 18.6 Å². The fourth-order valence-electron chi connectivity index (χ4n) is 2.21. The number of hydrogen-bond donors (Lipinski definition) is 2. The first-order valence-corrected chi connectivity index (χ1v) is 7.40. The Morgan fingerprint density at radius 3 is 3.05 bits per heavy atom. The molecule has 4 nitrogen and oxygen atoms in total. The van der Waals surface area contributed by atoms with Gasteiger partial charge in [-0.05, 0) is 37.6 Å². The predicted molar refractivity (Wildman–Crippen MR) is 80.5 cm³/mol. The molecule has 2 rings (SSSR count). The third-order valence-electron chi connectivity index (χ3n) is 3.38. The zero-order valence-corrected chi connectivity index (χ0v) is 12.8. The summed E-state index contributed by atoms with van der Waals surface area (Å²) in [6.07, 6.45) is 0.935. The van der Waals surface area contributed by atoms with Crippen LogP contribution in [0.2, 0.25) is 10.0 Å². The van der Waals surface area contributed by atoms with E-state index in [0.29, 0.717) is 21.7 Å². The fraction of sp³-hybridized carbons (Fsp3) is 0.500. The van der Waals surface area contributed by atoms with Crippen LogP contribution in [0.5, 0.6) is 5.75 Å². The molecule has 2 N–H and O–H groups in total. The fourth-order valence-corrected chi connectivity index (χ4v) is 2.54. The van der Waals surface area contributed by atoms with E-state index >= 15 is 0 Å². The van der Waals surface area contributed by atoms with Gasteiger partial charge in [0.1, 0.15) is 5.75 Å². The second-order valence-corrected chi connectivity index (χ2v) is 5.85. The van der Waals surface area contributed by atoms with E-state index in [1.54, 1.807) is 18.2 Å². The number of halogens is 2. The van der Waals surface area contributed by atoms with Crippen LogP contribution in [0.1, 0.15) is 13.3 Å². The molecule has 0 bridgehead atoms. The SMILES string of the molecule is CC1CNCCC1NC(=O)COc1cc(Cl)ccc1Cl. The van der Waals surface area contributed by atoms with E-state index in [4.69, 9.17) is 27.9 Å². The van der Waals surface area contributed by atoms with Gasteiger partial charge in [0.05, 0.1) is 5.02 Å². The molecular weight excluding hydrogens is 299 g/mol. The summed E-state index contributed by atoms with van der Waals surface area (Å²) < 4.78 is 5.41. The molecule has 2 atom stereocenters. The van der Waals surface area contributed by atoms with Crippen molar-refractivity contribution < 1.29 is 9.53 Å². The van der Waals surface area contributed by atoms with Gasteiger partial charge in [-0.25, -0.2) is 0 Å². The van der Waals surface area contributed by atoms with E-state index in [9.17, 15) is 4.79 Å². The van der Waals surface area contributed by atoms with Gasteiger partial charge in [-0.3, -0.25) is 4.79 Å². The average Bonchev–Trinajstić information content (AvgIpc) is 2.42.